The van der Waals surface area contributed by atoms with Gasteiger partial charge in [0, 0.05) is 5.56 Å². The second-order valence-corrected chi connectivity index (χ2v) is 7.45. The molecular formula is C20H20N6O3S. The summed E-state index contributed by atoms with van der Waals surface area (Å²) < 4.78 is 17.7. The summed E-state index contributed by atoms with van der Waals surface area (Å²) in [5.74, 6) is 2.62. The van der Waals surface area contributed by atoms with Crippen LogP contribution in [0.5, 0.6) is 11.5 Å². The molecule has 2 aromatic heterocycles. The van der Waals surface area contributed by atoms with Crippen LogP contribution >= 0.6 is 11.8 Å². The number of methoxy groups -OCH3 is 2. The topological polar surface area (TPSA) is 101 Å². The van der Waals surface area contributed by atoms with Crippen LogP contribution < -0.4 is 9.47 Å². The van der Waals surface area contributed by atoms with E-state index in [0.29, 0.717) is 34.1 Å². The second-order valence-electron chi connectivity index (χ2n) is 6.51. The van der Waals surface area contributed by atoms with E-state index in [4.69, 9.17) is 14.0 Å². The van der Waals surface area contributed by atoms with Crippen LogP contribution in [-0.2, 0) is 5.75 Å². The first-order valence-electron chi connectivity index (χ1n) is 9.13. The Morgan fingerprint density at radius 3 is 2.60 bits per heavy atom. The Morgan fingerprint density at radius 2 is 1.83 bits per heavy atom. The normalized spacial score (nSPS) is 10.9. The lowest BCUT2D eigenvalue weighted by Gasteiger charge is -2.07. The summed E-state index contributed by atoms with van der Waals surface area (Å²) >= 11 is 1.42. The maximum absolute atomic E-state index is 5.40. The van der Waals surface area contributed by atoms with Crippen LogP contribution in [-0.4, -0.2) is 44.6 Å². The highest BCUT2D eigenvalue weighted by molar-refractivity contribution is 7.98. The van der Waals surface area contributed by atoms with E-state index in [2.05, 4.69) is 45.6 Å². The molecule has 9 nitrogen and oxygen atoms in total. The highest BCUT2D eigenvalue weighted by Crippen LogP contribution is 2.31. The minimum absolute atomic E-state index is 0.436. The quantitative estimate of drug-likeness (QED) is 0.411. The molecule has 30 heavy (non-hydrogen) atoms. The number of aryl methyl sites for hydroxylation is 2. The van der Waals surface area contributed by atoms with Gasteiger partial charge in [0.25, 0.3) is 0 Å². The maximum atomic E-state index is 5.40. The zero-order chi connectivity index (χ0) is 21.1. The van der Waals surface area contributed by atoms with Gasteiger partial charge in [-0.3, -0.25) is 0 Å². The first-order chi connectivity index (χ1) is 14.6. The van der Waals surface area contributed by atoms with Gasteiger partial charge in [0.05, 0.1) is 25.7 Å². The van der Waals surface area contributed by atoms with Gasteiger partial charge < -0.3 is 14.0 Å². The van der Waals surface area contributed by atoms with Crippen molar-refractivity contribution >= 4 is 11.8 Å². The van der Waals surface area contributed by atoms with E-state index >= 15 is 0 Å². The van der Waals surface area contributed by atoms with Crippen molar-refractivity contribution in [1.82, 2.24) is 30.3 Å². The van der Waals surface area contributed by atoms with Gasteiger partial charge in [-0.1, -0.05) is 23.0 Å². The molecule has 0 saturated heterocycles. The van der Waals surface area contributed by atoms with Crippen LogP contribution in [0.25, 0.3) is 17.1 Å². The first kappa shape index (κ1) is 19.9. The summed E-state index contributed by atoms with van der Waals surface area (Å²) in [7, 11) is 3.17. The molecule has 0 aliphatic rings. The number of ether oxygens (including phenoxy) is 2. The predicted octanol–water partition coefficient (Wildman–Crippen LogP) is 3.64. The Bertz CT molecular complexity index is 1170. The summed E-state index contributed by atoms with van der Waals surface area (Å²) in [6.07, 6.45) is 0. The van der Waals surface area contributed by atoms with E-state index in [1.165, 1.54) is 22.9 Å². The Hall–Kier alpha value is -3.40. The lowest BCUT2D eigenvalue weighted by molar-refractivity contribution is 0.355. The second kappa shape index (κ2) is 8.54. The first-order valence-corrected chi connectivity index (χ1v) is 10.1. The molecule has 0 atom stereocenters. The van der Waals surface area contributed by atoms with Crippen molar-refractivity contribution in [3.05, 3.63) is 53.4 Å². The summed E-state index contributed by atoms with van der Waals surface area (Å²) in [4.78, 5) is 4.47. The molecule has 0 unspecified atom stereocenters. The zero-order valence-electron chi connectivity index (χ0n) is 17.0. The Labute approximate surface area is 177 Å². The van der Waals surface area contributed by atoms with Gasteiger partial charge in [-0.2, -0.15) is 9.67 Å². The Balaban J connectivity index is 1.50. The largest absolute Gasteiger partial charge is 0.493 e. The molecule has 10 heteroatoms. The average molecular weight is 424 g/mol. The minimum Gasteiger partial charge on any atom is -0.493 e. The zero-order valence-corrected chi connectivity index (χ0v) is 17.8. The average Bonchev–Trinajstić information content (AvgIpc) is 3.43. The van der Waals surface area contributed by atoms with E-state index < -0.39 is 0 Å². The van der Waals surface area contributed by atoms with Crippen LogP contribution in [0.4, 0.5) is 0 Å². The van der Waals surface area contributed by atoms with Gasteiger partial charge in [-0.25, -0.2) is 0 Å². The van der Waals surface area contributed by atoms with Crippen molar-refractivity contribution in [3.8, 4) is 28.6 Å². The molecule has 4 rings (SSSR count). The van der Waals surface area contributed by atoms with Gasteiger partial charge in [-0.05, 0) is 65.7 Å². The summed E-state index contributed by atoms with van der Waals surface area (Å²) in [5, 5.41) is 16.7. The molecule has 2 aromatic carbocycles. The summed E-state index contributed by atoms with van der Waals surface area (Å²) in [5.41, 5.74) is 4.07. The molecule has 0 saturated carbocycles. The van der Waals surface area contributed by atoms with Crippen LogP contribution in [0, 0.1) is 13.8 Å². The monoisotopic (exact) mass is 424 g/mol. The highest BCUT2D eigenvalue weighted by atomic mass is 32.2. The van der Waals surface area contributed by atoms with E-state index in [9.17, 15) is 0 Å². The number of hydrogen-bond donors (Lipinski definition) is 0. The smallest absolute Gasteiger partial charge is 0.237 e. The summed E-state index contributed by atoms with van der Waals surface area (Å²) in [6, 6.07) is 11.6. The molecule has 154 valence electrons. The van der Waals surface area contributed by atoms with Crippen LogP contribution in [0.15, 0.2) is 46.1 Å². The molecule has 0 aliphatic carbocycles. The molecule has 4 aromatic rings. The summed E-state index contributed by atoms with van der Waals surface area (Å²) in [6.45, 7) is 4.13. The molecule has 0 spiro atoms. The number of aromatic nitrogens is 6. The number of tetrazole rings is 1. The fourth-order valence-corrected chi connectivity index (χ4v) is 3.55. The van der Waals surface area contributed by atoms with Crippen molar-refractivity contribution in [2.24, 2.45) is 0 Å². The van der Waals surface area contributed by atoms with E-state index in [1.807, 2.05) is 18.2 Å². The Kier molecular flexibility index (Phi) is 5.66. The van der Waals surface area contributed by atoms with E-state index in [1.54, 1.807) is 31.0 Å². The van der Waals surface area contributed by atoms with Crippen molar-refractivity contribution in [1.29, 1.82) is 0 Å². The van der Waals surface area contributed by atoms with E-state index in [0.717, 1.165) is 11.3 Å². The van der Waals surface area contributed by atoms with Crippen molar-refractivity contribution in [2.45, 2.75) is 24.8 Å². The fraction of sp³-hybridized carbons (Fsp3) is 0.250. The van der Waals surface area contributed by atoms with Gasteiger partial charge >= 0.3 is 0 Å². The standard InChI is InChI=1S/C20H20N6O3S/c1-12-5-7-15(9-13(12)2)26-20(22-24-25-26)30-11-18-21-19(23-29-18)14-6-8-16(27-3)17(10-14)28-4/h5-10H,11H2,1-4H3. The third-order valence-corrected chi connectivity index (χ3v) is 5.51. The highest BCUT2D eigenvalue weighted by Gasteiger charge is 2.15. The van der Waals surface area contributed by atoms with Crippen molar-refractivity contribution in [3.63, 3.8) is 0 Å². The number of rotatable bonds is 7. The van der Waals surface area contributed by atoms with Gasteiger partial charge in [-0.15, -0.1) is 5.10 Å². The van der Waals surface area contributed by atoms with Crippen LogP contribution in [0.3, 0.4) is 0 Å². The molecule has 0 N–H and O–H groups in total. The molecule has 2 heterocycles. The SMILES string of the molecule is COc1ccc(-c2noc(CSc3nnnn3-c3ccc(C)c(C)c3)n2)cc1OC. The third-order valence-electron chi connectivity index (χ3n) is 4.61. The lowest BCUT2D eigenvalue weighted by atomic mass is 10.1. The van der Waals surface area contributed by atoms with Crippen molar-refractivity contribution < 1.29 is 14.0 Å². The van der Waals surface area contributed by atoms with Gasteiger partial charge in [0.2, 0.25) is 16.9 Å². The van der Waals surface area contributed by atoms with E-state index in [-0.39, 0.29) is 0 Å². The number of nitrogens with zero attached hydrogens (tertiary/aromatic N) is 6. The molecule has 0 fully saturated rings. The molecule has 0 bridgehead atoms. The molecule has 0 radical (unpaired) electrons. The minimum atomic E-state index is 0.436. The Morgan fingerprint density at radius 1 is 1.00 bits per heavy atom. The predicted molar refractivity (Wildman–Crippen MR) is 111 cm³/mol. The van der Waals surface area contributed by atoms with Crippen LogP contribution in [0.2, 0.25) is 0 Å². The molecule has 0 aliphatic heterocycles. The number of benzene rings is 2. The third kappa shape index (κ3) is 3.99. The van der Waals surface area contributed by atoms with Gasteiger partial charge in [0.1, 0.15) is 0 Å². The van der Waals surface area contributed by atoms with Gasteiger partial charge in [0.15, 0.2) is 11.5 Å². The molecular weight excluding hydrogens is 404 g/mol. The molecule has 0 amide bonds. The fourth-order valence-electron chi connectivity index (χ4n) is 2.82. The maximum Gasteiger partial charge on any atom is 0.237 e. The van der Waals surface area contributed by atoms with Crippen molar-refractivity contribution in [2.75, 3.05) is 14.2 Å². The van der Waals surface area contributed by atoms with Crippen LogP contribution in [0.1, 0.15) is 17.0 Å². The lowest BCUT2D eigenvalue weighted by Crippen LogP contribution is -2.00. The number of thioether (sulfide) groups is 1. The number of hydrogen-bond acceptors (Lipinski definition) is 9.